The first-order valence-electron chi connectivity index (χ1n) is 7.79. The molecule has 0 saturated carbocycles. The first-order valence-corrected chi connectivity index (χ1v) is 7.79. The summed E-state index contributed by atoms with van der Waals surface area (Å²) >= 11 is 0. The molecule has 1 aliphatic rings. The summed E-state index contributed by atoms with van der Waals surface area (Å²) in [5.74, 6) is 0.286. The summed E-state index contributed by atoms with van der Waals surface area (Å²) in [5, 5.41) is 0. The molecule has 0 unspecified atom stereocenters. The highest BCUT2D eigenvalue weighted by Gasteiger charge is 2.18. The predicted molar refractivity (Wildman–Crippen MR) is 85.0 cm³/mol. The molecule has 0 radical (unpaired) electrons. The van der Waals surface area contributed by atoms with Crippen LogP contribution in [0.4, 0.5) is 4.39 Å². The molecule has 1 heterocycles. The Hall–Kier alpha value is -1.71. The Morgan fingerprint density at radius 2 is 1.45 bits per heavy atom. The monoisotopic (exact) mass is 300 g/mol. The van der Waals surface area contributed by atoms with E-state index in [2.05, 4.69) is 31.2 Å². The zero-order chi connectivity index (χ0) is 15.4. The van der Waals surface area contributed by atoms with E-state index in [4.69, 9.17) is 9.47 Å². The number of ether oxygens (including phenoxy) is 2. The molecule has 116 valence electrons. The van der Waals surface area contributed by atoms with Gasteiger partial charge in [0.25, 0.3) is 0 Å². The van der Waals surface area contributed by atoms with E-state index in [1.807, 2.05) is 0 Å². The summed E-state index contributed by atoms with van der Waals surface area (Å²) in [5.41, 5.74) is 3.39. The molecule has 3 rings (SSSR count). The van der Waals surface area contributed by atoms with Gasteiger partial charge in [-0.2, -0.15) is 0 Å². The van der Waals surface area contributed by atoms with Gasteiger partial charge in [-0.1, -0.05) is 43.3 Å². The molecule has 0 N–H and O–H groups in total. The first kappa shape index (κ1) is 15.2. The maximum atomic E-state index is 12.9. The van der Waals surface area contributed by atoms with E-state index in [1.165, 1.54) is 17.7 Å². The number of halogens is 1. The zero-order valence-corrected chi connectivity index (χ0v) is 12.8. The maximum Gasteiger partial charge on any atom is 0.157 e. The van der Waals surface area contributed by atoms with Crippen molar-refractivity contribution in [1.82, 2.24) is 0 Å². The van der Waals surface area contributed by atoms with Gasteiger partial charge in [0.2, 0.25) is 0 Å². The lowest BCUT2D eigenvalue weighted by Crippen LogP contribution is -2.30. The molecule has 0 aliphatic carbocycles. The molecule has 0 aromatic heterocycles. The highest BCUT2D eigenvalue weighted by molar-refractivity contribution is 5.63. The molecule has 1 saturated heterocycles. The summed E-state index contributed by atoms with van der Waals surface area (Å²) in [4.78, 5) is 0. The summed E-state index contributed by atoms with van der Waals surface area (Å²) in [7, 11) is 0. The normalized spacial score (nSPS) is 21.7. The van der Waals surface area contributed by atoms with Crippen molar-refractivity contribution in [2.45, 2.75) is 26.1 Å². The third-order valence-corrected chi connectivity index (χ3v) is 3.93. The topological polar surface area (TPSA) is 18.5 Å². The maximum absolute atomic E-state index is 12.9. The van der Waals surface area contributed by atoms with Crippen molar-refractivity contribution < 1.29 is 13.9 Å². The number of hydrogen-bond donors (Lipinski definition) is 0. The van der Waals surface area contributed by atoms with E-state index in [1.54, 1.807) is 12.1 Å². The molecule has 1 fully saturated rings. The highest BCUT2D eigenvalue weighted by atomic mass is 19.1. The van der Waals surface area contributed by atoms with Gasteiger partial charge in [0.15, 0.2) is 6.29 Å². The second kappa shape index (κ2) is 7.03. The van der Waals surface area contributed by atoms with E-state index in [9.17, 15) is 4.39 Å². The molecule has 1 aliphatic heterocycles. The van der Waals surface area contributed by atoms with Gasteiger partial charge in [-0.25, -0.2) is 4.39 Å². The van der Waals surface area contributed by atoms with E-state index in [0.29, 0.717) is 5.92 Å². The Bertz CT molecular complexity index is 584. The zero-order valence-electron chi connectivity index (χ0n) is 12.8. The Balaban J connectivity index is 1.56. The quantitative estimate of drug-likeness (QED) is 0.831. The third-order valence-electron chi connectivity index (χ3n) is 3.93. The molecule has 0 atom stereocenters. The average molecular weight is 300 g/mol. The van der Waals surface area contributed by atoms with Gasteiger partial charge in [-0.05, 0) is 35.2 Å². The molecule has 0 amide bonds. The first-order chi connectivity index (χ1) is 10.7. The smallest absolute Gasteiger partial charge is 0.157 e. The van der Waals surface area contributed by atoms with E-state index < -0.39 is 0 Å². The van der Waals surface area contributed by atoms with Crippen LogP contribution in [0.2, 0.25) is 0 Å². The lowest BCUT2D eigenvalue weighted by atomic mass is 10.0. The van der Waals surface area contributed by atoms with E-state index in [-0.39, 0.29) is 12.1 Å². The molecular formula is C19H21FO2. The molecular weight excluding hydrogens is 279 g/mol. The number of aryl methyl sites for hydroxylation is 1. The fourth-order valence-electron chi connectivity index (χ4n) is 2.60. The van der Waals surface area contributed by atoms with Crippen LogP contribution in [0.1, 0.15) is 18.9 Å². The Labute approximate surface area is 130 Å². The van der Waals surface area contributed by atoms with Crippen LogP contribution >= 0.6 is 0 Å². The summed E-state index contributed by atoms with van der Waals surface area (Å²) in [6.45, 7) is 3.70. The lowest BCUT2D eigenvalue weighted by Gasteiger charge is -2.27. The summed E-state index contributed by atoms with van der Waals surface area (Å²) < 4.78 is 24.3. The van der Waals surface area contributed by atoms with E-state index in [0.717, 1.165) is 37.2 Å². The highest BCUT2D eigenvalue weighted by Crippen LogP contribution is 2.21. The minimum Gasteiger partial charge on any atom is -0.352 e. The molecule has 22 heavy (non-hydrogen) atoms. The van der Waals surface area contributed by atoms with Gasteiger partial charge in [-0.3, -0.25) is 0 Å². The van der Waals surface area contributed by atoms with Crippen LogP contribution in [0.15, 0.2) is 48.5 Å². The van der Waals surface area contributed by atoms with Crippen molar-refractivity contribution in [3.63, 3.8) is 0 Å². The molecule has 0 bridgehead atoms. The Kier molecular flexibility index (Phi) is 4.86. The van der Waals surface area contributed by atoms with Gasteiger partial charge in [-0.15, -0.1) is 0 Å². The predicted octanol–water partition coefficient (Wildman–Crippen LogP) is 4.43. The Morgan fingerprint density at radius 1 is 0.909 bits per heavy atom. The van der Waals surface area contributed by atoms with Crippen LogP contribution in [0.25, 0.3) is 11.1 Å². The van der Waals surface area contributed by atoms with Crippen molar-refractivity contribution >= 4 is 0 Å². The fraction of sp³-hybridized carbons (Fsp3) is 0.368. The lowest BCUT2D eigenvalue weighted by molar-refractivity contribution is -0.199. The molecule has 3 heteroatoms. The second-order valence-corrected chi connectivity index (χ2v) is 5.94. The average Bonchev–Trinajstić information content (AvgIpc) is 2.56. The van der Waals surface area contributed by atoms with Crippen LogP contribution in [-0.4, -0.2) is 19.5 Å². The van der Waals surface area contributed by atoms with Gasteiger partial charge in [0.05, 0.1) is 13.2 Å². The van der Waals surface area contributed by atoms with Crippen molar-refractivity contribution in [2.75, 3.05) is 13.2 Å². The number of rotatable bonds is 4. The van der Waals surface area contributed by atoms with Crippen molar-refractivity contribution in [3.8, 4) is 11.1 Å². The van der Waals surface area contributed by atoms with Crippen molar-refractivity contribution in [3.05, 3.63) is 59.9 Å². The van der Waals surface area contributed by atoms with Gasteiger partial charge in [0, 0.05) is 12.3 Å². The largest absolute Gasteiger partial charge is 0.352 e. The van der Waals surface area contributed by atoms with Crippen molar-refractivity contribution in [1.29, 1.82) is 0 Å². The molecule has 0 spiro atoms. The van der Waals surface area contributed by atoms with Crippen LogP contribution in [0.5, 0.6) is 0 Å². The standard InChI is InChI=1S/C19H21FO2/c1-14-12-21-19(22-13-14)11-4-15-2-5-16(6-3-15)17-7-9-18(20)10-8-17/h2-3,5-10,14,19H,4,11-13H2,1H3. The second-order valence-electron chi connectivity index (χ2n) is 5.94. The minimum atomic E-state index is -0.206. The van der Waals surface area contributed by atoms with Crippen LogP contribution in [0, 0.1) is 11.7 Å². The van der Waals surface area contributed by atoms with Crippen LogP contribution in [-0.2, 0) is 15.9 Å². The molecule has 2 aromatic carbocycles. The van der Waals surface area contributed by atoms with Gasteiger partial charge < -0.3 is 9.47 Å². The van der Waals surface area contributed by atoms with Crippen LogP contribution < -0.4 is 0 Å². The van der Waals surface area contributed by atoms with Crippen molar-refractivity contribution in [2.24, 2.45) is 5.92 Å². The van der Waals surface area contributed by atoms with Gasteiger partial charge in [0.1, 0.15) is 5.82 Å². The fourth-order valence-corrected chi connectivity index (χ4v) is 2.60. The minimum absolute atomic E-state index is 0.0759. The third kappa shape index (κ3) is 3.93. The van der Waals surface area contributed by atoms with Crippen LogP contribution in [0.3, 0.4) is 0 Å². The SMILES string of the molecule is CC1COC(CCc2ccc(-c3ccc(F)cc3)cc2)OC1. The molecule has 2 nitrogen and oxygen atoms in total. The summed E-state index contributed by atoms with van der Waals surface area (Å²) in [6.07, 6.45) is 1.73. The van der Waals surface area contributed by atoms with E-state index >= 15 is 0 Å². The van der Waals surface area contributed by atoms with Gasteiger partial charge >= 0.3 is 0 Å². The number of benzene rings is 2. The summed E-state index contributed by atoms with van der Waals surface area (Å²) in [6, 6.07) is 15.0. The molecule has 2 aromatic rings. The number of hydrogen-bond acceptors (Lipinski definition) is 2. The Morgan fingerprint density at radius 3 is 2.05 bits per heavy atom.